The second-order valence-corrected chi connectivity index (χ2v) is 14.7. The van der Waals surface area contributed by atoms with Gasteiger partial charge < -0.3 is 37.3 Å². The molecule has 1 aliphatic rings. The average molecular weight is 784 g/mol. The summed E-state index contributed by atoms with van der Waals surface area (Å²) < 4.78 is 0.764. The monoisotopic (exact) mass is 782 g/mol. The molecule has 2 aromatic heterocycles. The largest absolute Gasteiger partial charge is 0.361 e. The number of carbonyl (C=O) groups is 3. The fraction of sp³-hybridized carbons (Fsp3) is 0.389. The highest BCUT2D eigenvalue weighted by Crippen LogP contribution is 2.38. The predicted molar refractivity (Wildman–Crippen MR) is 202 cm³/mol. The van der Waals surface area contributed by atoms with Gasteiger partial charge in [-0.3, -0.25) is 14.4 Å². The van der Waals surface area contributed by atoms with E-state index in [-0.39, 0.29) is 30.7 Å². The third kappa shape index (κ3) is 9.45. The van der Waals surface area contributed by atoms with Gasteiger partial charge in [0.25, 0.3) is 0 Å². The molecule has 5 rings (SSSR count). The average Bonchev–Trinajstić information content (AvgIpc) is 3.52. The molecule has 0 fully saturated rings. The summed E-state index contributed by atoms with van der Waals surface area (Å²) in [5.74, 6) is -1.000. The Morgan fingerprint density at radius 2 is 1.74 bits per heavy atom. The molecule has 3 heterocycles. The Bertz CT molecular complexity index is 1810. The molecule has 0 unspecified atom stereocenters. The fourth-order valence-electron chi connectivity index (χ4n) is 6.12. The number of halogens is 2. The third-order valence-corrected chi connectivity index (χ3v) is 11.0. The number of para-hydroxylation sites is 1. The van der Waals surface area contributed by atoms with Crippen LogP contribution in [-0.4, -0.2) is 70.9 Å². The van der Waals surface area contributed by atoms with Crippen LogP contribution in [0, 0.1) is 0 Å². The molecule has 3 amide bonds. The van der Waals surface area contributed by atoms with Crippen molar-refractivity contribution < 1.29 is 14.4 Å². The first-order valence-electron chi connectivity index (χ1n) is 16.8. The fourth-order valence-corrected chi connectivity index (χ4v) is 8.11. The highest BCUT2D eigenvalue weighted by molar-refractivity contribution is 9.10. The molecule has 0 saturated heterocycles. The summed E-state index contributed by atoms with van der Waals surface area (Å²) in [5.41, 5.74) is 15.1. The van der Waals surface area contributed by atoms with E-state index in [2.05, 4.69) is 41.8 Å². The van der Waals surface area contributed by atoms with Crippen molar-refractivity contribution in [2.45, 2.75) is 79.7 Å². The van der Waals surface area contributed by atoms with Crippen LogP contribution in [0.2, 0.25) is 5.02 Å². The number of carbonyl (C=O) groups excluding carboxylic acids is 3. The van der Waals surface area contributed by atoms with Gasteiger partial charge in [-0.05, 0) is 86.1 Å². The van der Waals surface area contributed by atoms with E-state index in [4.69, 9.17) is 23.1 Å². The minimum Gasteiger partial charge on any atom is -0.361 e. The summed E-state index contributed by atoms with van der Waals surface area (Å²) in [6.45, 7) is 1.38. The van der Waals surface area contributed by atoms with Crippen molar-refractivity contribution in [1.82, 2.24) is 30.8 Å². The summed E-state index contributed by atoms with van der Waals surface area (Å²) in [4.78, 5) is 52.7. The molecule has 0 radical (unpaired) electrons. The molecule has 8 N–H and O–H groups in total. The third-order valence-electron chi connectivity index (χ3n) is 8.91. The lowest BCUT2D eigenvalue weighted by Crippen LogP contribution is -2.57. The Kier molecular flexibility index (Phi) is 13.7. The van der Waals surface area contributed by atoms with Crippen LogP contribution in [0.1, 0.15) is 48.8 Å². The number of pyridine rings is 1. The number of aromatic nitrogens is 2. The summed E-state index contributed by atoms with van der Waals surface area (Å²) in [6, 6.07) is 13.0. The molecule has 11 nitrogen and oxygen atoms in total. The molecule has 0 aliphatic carbocycles. The summed E-state index contributed by atoms with van der Waals surface area (Å²) >= 11 is 11.8. The number of H-pyrrole nitrogens is 1. The summed E-state index contributed by atoms with van der Waals surface area (Å²) in [6.07, 6.45) is 6.61. The summed E-state index contributed by atoms with van der Waals surface area (Å²) in [5, 5.41) is 11.7. The lowest BCUT2D eigenvalue weighted by molar-refractivity contribution is -0.142. The first-order chi connectivity index (χ1) is 24.2. The van der Waals surface area contributed by atoms with E-state index < -0.39 is 18.1 Å². The number of aromatic amines is 1. The zero-order valence-electron chi connectivity index (χ0n) is 28.0. The van der Waals surface area contributed by atoms with E-state index in [1.807, 2.05) is 54.7 Å². The highest BCUT2D eigenvalue weighted by Gasteiger charge is 2.34. The standard InChI is InChI=1S/C36H44BrClN8O3S/c1-46-31(17-23-20-42-28-10-3-2-9-26(23)28)34(48)44-21-24-16-25(37)18-27(38)32(24)50-35-22(8-7-15-41-35)19-43-29(12-6-14-40)33(47)45-30(36(46)49)11-4-5-13-39/h2-3,7-10,15-16,18,20,29-31,42-43H,4-6,11-14,17,19,21,39-40H2,1H3,(H,44,48)(H,45,47)/t29-,30-,31-/m0/s1. The smallest absolute Gasteiger partial charge is 0.245 e. The van der Waals surface area contributed by atoms with Gasteiger partial charge in [-0.1, -0.05) is 63.6 Å². The normalized spacial score (nSPS) is 19.4. The van der Waals surface area contributed by atoms with Crippen molar-refractivity contribution in [2.75, 3.05) is 20.1 Å². The number of likely N-dealkylation sites (N-methyl/N-ethyl adjacent to an activating group) is 1. The van der Waals surface area contributed by atoms with Crippen LogP contribution >= 0.6 is 39.3 Å². The molecule has 0 spiro atoms. The Hall–Kier alpha value is -3.46. The molecule has 1 aliphatic heterocycles. The second-order valence-electron chi connectivity index (χ2n) is 12.4. The van der Waals surface area contributed by atoms with Crippen LogP contribution in [0.15, 0.2) is 75.3 Å². The predicted octanol–water partition coefficient (Wildman–Crippen LogP) is 4.64. The van der Waals surface area contributed by atoms with Crippen LogP contribution in [0.25, 0.3) is 10.9 Å². The van der Waals surface area contributed by atoms with E-state index in [0.29, 0.717) is 61.8 Å². The second kappa shape index (κ2) is 18.2. The van der Waals surface area contributed by atoms with Crippen LogP contribution in [-0.2, 0) is 33.9 Å². The van der Waals surface area contributed by atoms with E-state index >= 15 is 0 Å². The Balaban J connectivity index is 1.57. The Labute approximate surface area is 310 Å². The zero-order chi connectivity index (χ0) is 35.6. The Morgan fingerprint density at radius 1 is 0.960 bits per heavy atom. The van der Waals surface area contributed by atoms with Gasteiger partial charge in [-0.25, -0.2) is 4.98 Å². The molecule has 266 valence electrons. The first-order valence-corrected chi connectivity index (χ1v) is 18.8. The molecule has 0 bridgehead atoms. The Morgan fingerprint density at radius 3 is 2.54 bits per heavy atom. The molecular formula is C36H44BrClN8O3S. The number of amides is 3. The van der Waals surface area contributed by atoms with Gasteiger partial charge in [0.05, 0.1) is 11.1 Å². The van der Waals surface area contributed by atoms with E-state index in [1.54, 1.807) is 13.2 Å². The summed E-state index contributed by atoms with van der Waals surface area (Å²) in [7, 11) is 1.63. The van der Waals surface area contributed by atoms with Crippen LogP contribution < -0.4 is 27.4 Å². The first kappa shape index (κ1) is 37.8. The van der Waals surface area contributed by atoms with Gasteiger partial charge >= 0.3 is 0 Å². The number of rotatable bonds is 9. The van der Waals surface area contributed by atoms with Gasteiger partial charge in [0.15, 0.2) is 0 Å². The van der Waals surface area contributed by atoms with Gasteiger partial charge in [-0.2, -0.15) is 0 Å². The topological polar surface area (TPSA) is 171 Å². The van der Waals surface area contributed by atoms with E-state index in [0.717, 1.165) is 37.0 Å². The van der Waals surface area contributed by atoms with E-state index in [1.165, 1.54) is 16.7 Å². The van der Waals surface area contributed by atoms with Crippen molar-refractivity contribution in [3.63, 3.8) is 0 Å². The number of unbranched alkanes of at least 4 members (excludes halogenated alkanes) is 1. The molecule has 4 aromatic rings. The molecule has 3 atom stereocenters. The quantitative estimate of drug-likeness (QED) is 0.133. The molecular weight excluding hydrogens is 740 g/mol. The lowest BCUT2D eigenvalue weighted by Gasteiger charge is -2.32. The van der Waals surface area contributed by atoms with Gasteiger partial charge in [0, 0.05) is 59.2 Å². The molecule has 14 heteroatoms. The number of nitrogens with one attached hydrogen (secondary N) is 4. The molecule has 0 saturated carbocycles. The maximum Gasteiger partial charge on any atom is 0.245 e. The number of hydrogen-bond donors (Lipinski definition) is 6. The number of benzene rings is 2. The highest BCUT2D eigenvalue weighted by atomic mass is 79.9. The van der Waals surface area contributed by atoms with Crippen molar-refractivity contribution in [3.8, 4) is 0 Å². The van der Waals surface area contributed by atoms with Crippen LogP contribution in [0.3, 0.4) is 0 Å². The molecule has 2 aromatic carbocycles. The number of nitrogens with zero attached hydrogens (tertiary/aromatic N) is 2. The van der Waals surface area contributed by atoms with Crippen LogP contribution in [0.4, 0.5) is 0 Å². The van der Waals surface area contributed by atoms with Crippen LogP contribution in [0.5, 0.6) is 0 Å². The van der Waals surface area contributed by atoms with Crippen molar-refractivity contribution in [2.24, 2.45) is 11.5 Å². The SMILES string of the molecule is CN1C(=O)[C@H](CCCCN)NC(=O)[C@H](CCCN)NCc2cccnc2Sc2c(Cl)cc(Br)cc2CNC(=O)[C@@H]1Cc1c[nH]c2ccccc12. The van der Waals surface area contributed by atoms with Gasteiger partial charge in [-0.15, -0.1) is 0 Å². The van der Waals surface area contributed by atoms with Crippen molar-refractivity contribution in [3.05, 3.63) is 87.1 Å². The minimum atomic E-state index is -0.890. The lowest BCUT2D eigenvalue weighted by atomic mass is 10.0. The maximum absolute atomic E-state index is 14.4. The van der Waals surface area contributed by atoms with E-state index in [9.17, 15) is 14.4 Å². The number of hydrogen-bond acceptors (Lipinski definition) is 8. The molecule has 50 heavy (non-hydrogen) atoms. The van der Waals surface area contributed by atoms with Crippen molar-refractivity contribution >= 4 is 67.9 Å². The maximum atomic E-state index is 14.4. The number of fused-ring (bicyclic) bond motifs is 3. The minimum absolute atomic E-state index is 0.158. The zero-order valence-corrected chi connectivity index (χ0v) is 31.2. The number of nitrogens with two attached hydrogens (primary N) is 2. The van der Waals surface area contributed by atoms with Gasteiger partial charge in [0.2, 0.25) is 17.7 Å². The van der Waals surface area contributed by atoms with Gasteiger partial charge in [0.1, 0.15) is 17.1 Å². The van der Waals surface area contributed by atoms with Crippen molar-refractivity contribution in [1.29, 1.82) is 0 Å².